The van der Waals surface area contributed by atoms with E-state index in [9.17, 15) is 0 Å². The number of rotatable bonds is 4. The summed E-state index contributed by atoms with van der Waals surface area (Å²) in [4.78, 5) is 9.23. The lowest BCUT2D eigenvalue weighted by Gasteiger charge is -2.12. The highest BCUT2D eigenvalue weighted by molar-refractivity contribution is 5.69. The second-order valence-electron chi connectivity index (χ2n) is 5.71. The predicted octanol–water partition coefficient (Wildman–Crippen LogP) is 4.80. The van der Waals surface area contributed by atoms with E-state index < -0.39 is 0 Å². The Morgan fingerprint density at radius 2 is 1.83 bits per heavy atom. The summed E-state index contributed by atoms with van der Waals surface area (Å²) in [6.07, 6.45) is 3.93. The molecule has 4 heteroatoms. The van der Waals surface area contributed by atoms with Gasteiger partial charge in [-0.2, -0.15) is 0 Å². The Hall–Kier alpha value is -2.36. The smallest absolute Gasteiger partial charge is 0.180 e. The van der Waals surface area contributed by atoms with Crippen molar-refractivity contribution in [2.45, 2.75) is 34.6 Å². The molecule has 0 amide bonds. The van der Waals surface area contributed by atoms with Gasteiger partial charge >= 0.3 is 0 Å². The maximum atomic E-state index is 4.76. The topological polar surface area (TPSA) is 42.2 Å². The lowest BCUT2D eigenvalue weighted by atomic mass is 10.1. The molecule has 2 aromatic heterocycles. The van der Waals surface area contributed by atoms with Crippen LogP contribution in [-0.2, 0) is 0 Å². The molecule has 0 aliphatic rings. The Morgan fingerprint density at radius 1 is 1.13 bits per heavy atom. The maximum Gasteiger partial charge on any atom is 0.180 e. The Bertz CT molecular complexity index is 745. The third kappa shape index (κ3) is 3.89. The molecule has 23 heavy (non-hydrogen) atoms. The fraction of sp³-hybridized carbons (Fsp3) is 0.368. The summed E-state index contributed by atoms with van der Waals surface area (Å²) in [6, 6.07) is 10.2. The summed E-state index contributed by atoms with van der Waals surface area (Å²) in [6.45, 7) is 11.3. The second-order valence-corrected chi connectivity index (χ2v) is 5.71. The number of imidazole rings is 1. The van der Waals surface area contributed by atoms with Gasteiger partial charge in [0, 0.05) is 30.2 Å². The van der Waals surface area contributed by atoms with Crippen LogP contribution in [0.15, 0.2) is 42.7 Å². The molecule has 0 saturated carbocycles. The van der Waals surface area contributed by atoms with Gasteiger partial charge in [-0.05, 0) is 12.8 Å². The highest BCUT2D eigenvalue weighted by Crippen LogP contribution is 2.23. The zero-order valence-corrected chi connectivity index (χ0v) is 14.7. The van der Waals surface area contributed by atoms with Gasteiger partial charge in [0.1, 0.15) is 0 Å². The van der Waals surface area contributed by atoms with E-state index in [0.29, 0.717) is 5.92 Å². The highest BCUT2D eigenvalue weighted by atomic mass is 15.1. The van der Waals surface area contributed by atoms with E-state index in [1.54, 1.807) is 0 Å². The standard InChI is InChI=1S/C17H20N4.C2H6/c1-12(2)9-18-16-17-19-10-13(3)21(17)11-15(20-16)14-7-5-4-6-8-14;1-2/h4-8,10-12H,9H2,1-3H3,(H,18,20);1-2H3. The molecule has 0 unspecified atom stereocenters. The average molecular weight is 310 g/mol. The number of anilines is 1. The quantitative estimate of drug-likeness (QED) is 0.752. The molecule has 3 rings (SSSR count). The van der Waals surface area contributed by atoms with E-state index in [0.717, 1.165) is 35.0 Å². The molecular weight excluding hydrogens is 284 g/mol. The van der Waals surface area contributed by atoms with Crippen molar-refractivity contribution in [2.24, 2.45) is 5.92 Å². The normalized spacial score (nSPS) is 10.5. The van der Waals surface area contributed by atoms with Crippen LogP contribution < -0.4 is 5.32 Å². The largest absolute Gasteiger partial charge is 0.367 e. The van der Waals surface area contributed by atoms with Crippen LogP contribution in [0.5, 0.6) is 0 Å². The molecule has 0 saturated heterocycles. The fourth-order valence-corrected chi connectivity index (χ4v) is 2.27. The van der Waals surface area contributed by atoms with Gasteiger partial charge < -0.3 is 5.32 Å². The van der Waals surface area contributed by atoms with Crippen molar-refractivity contribution in [1.29, 1.82) is 0 Å². The van der Waals surface area contributed by atoms with Crippen molar-refractivity contribution in [1.82, 2.24) is 14.4 Å². The van der Waals surface area contributed by atoms with E-state index in [4.69, 9.17) is 4.98 Å². The number of benzene rings is 1. The molecule has 0 aliphatic heterocycles. The van der Waals surface area contributed by atoms with Crippen molar-refractivity contribution in [3.8, 4) is 11.3 Å². The molecule has 0 bridgehead atoms. The number of nitrogens with one attached hydrogen (secondary N) is 1. The maximum absolute atomic E-state index is 4.76. The van der Waals surface area contributed by atoms with E-state index in [2.05, 4.69) is 47.6 Å². The lowest BCUT2D eigenvalue weighted by molar-refractivity contribution is 0.687. The van der Waals surface area contributed by atoms with Crippen LogP contribution in [0.4, 0.5) is 5.82 Å². The number of aromatic nitrogens is 3. The first-order valence-electron chi connectivity index (χ1n) is 8.29. The molecule has 0 radical (unpaired) electrons. The van der Waals surface area contributed by atoms with Crippen LogP contribution in [0.3, 0.4) is 0 Å². The fourth-order valence-electron chi connectivity index (χ4n) is 2.27. The molecule has 0 aliphatic carbocycles. The van der Waals surface area contributed by atoms with Gasteiger partial charge in [0.15, 0.2) is 11.5 Å². The van der Waals surface area contributed by atoms with Crippen molar-refractivity contribution in [3.05, 3.63) is 48.4 Å². The van der Waals surface area contributed by atoms with Crippen molar-refractivity contribution in [2.75, 3.05) is 11.9 Å². The summed E-state index contributed by atoms with van der Waals surface area (Å²) in [5.41, 5.74) is 4.06. The molecule has 3 aromatic rings. The number of aryl methyl sites for hydroxylation is 1. The van der Waals surface area contributed by atoms with Gasteiger partial charge in [-0.3, -0.25) is 4.40 Å². The Balaban J connectivity index is 0.000000924. The summed E-state index contributed by atoms with van der Waals surface area (Å²) < 4.78 is 2.10. The third-order valence-corrected chi connectivity index (χ3v) is 3.42. The highest BCUT2D eigenvalue weighted by Gasteiger charge is 2.11. The minimum atomic E-state index is 0.559. The van der Waals surface area contributed by atoms with Crippen LogP contribution in [0.1, 0.15) is 33.4 Å². The van der Waals surface area contributed by atoms with E-state index in [1.807, 2.05) is 44.4 Å². The zero-order valence-electron chi connectivity index (χ0n) is 14.7. The number of hydrogen-bond donors (Lipinski definition) is 1. The molecule has 0 atom stereocenters. The zero-order chi connectivity index (χ0) is 16.8. The van der Waals surface area contributed by atoms with Crippen molar-refractivity contribution >= 4 is 11.5 Å². The molecule has 122 valence electrons. The summed E-state index contributed by atoms with van der Waals surface area (Å²) in [5, 5.41) is 3.42. The minimum absolute atomic E-state index is 0.559. The van der Waals surface area contributed by atoms with E-state index in [1.165, 1.54) is 0 Å². The van der Waals surface area contributed by atoms with Gasteiger partial charge in [0.05, 0.1) is 5.69 Å². The predicted molar refractivity (Wildman–Crippen MR) is 97.8 cm³/mol. The molecule has 0 spiro atoms. The van der Waals surface area contributed by atoms with Gasteiger partial charge in [0.2, 0.25) is 0 Å². The number of hydrogen-bond acceptors (Lipinski definition) is 3. The van der Waals surface area contributed by atoms with E-state index >= 15 is 0 Å². The first-order chi connectivity index (χ1) is 11.1. The summed E-state index contributed by atoms with van der Waals surface area (Å²) in [7, 11) is 0. The second kappa shape index (κ2) is 7.77. The first-order valence-corrected chi connectivity index (χ1v) is 8.29. The number of fused-ring (bicyclic) bond motifs is 1. The van der Waals surface area contributed by atoms with Crippen LogP contribution in [0, 0.1) is 12.8 Å². The summed E-state index contributed by atoms with van der Waals surface area (Å²) in [5.74, 6) is 1.40. The van der Waals surface area contributed by atoms with Gasteiger partial charge in [-0.15, -0.1) is 0 Å². The monoisotopic (exact) mass is 310 g/mol. The first kappa shape index (κ1) is 17.0. The van der Waals surface area contributed by atoms with Gasteiger partial charge in [-0.25, -0.2) is 9.97 Å². The lowest BCUT2D eigenvalue weighted by Crippen LogP contribution is -2.11. The Kier molecular flexibility index (Phi) is 5.74. The van der Waals surface area contributed by atoms with E-state index in [-0.39, 0.29) is 0 Å². The van der Waals surface area contributed by atoms with Crippen LogP contribution in [0.25, 0.3) is 16.9 Å². The van der Waals surface area contributed by atoms with Crippen LogP contribution in [0.2, 0.25) is 0 Å². The SMILES string of the molecule is CC.Cc1cnc2c(NCC(C)C)nc(-c3ccccc3)cn12. The minimum Gasteiger partial charge on any atom is -0.367 e. The molecule has 4 nitrogen and oxygen atoms in total. The van der Waals surface area contributed by atoms with Crippen LogP contribution >= 0.6 is 0 Å². The molecule has 0 fully saturated rings. The summed E-state index contributed by atoms with van der Waals surface area (Å²) >= 11 is 0. The number of nitrogens with zero attached hydrogens (tertiary/aromatic N) is 3. The Morgan fingerprint density at radius 3 is 2.48 bits per heavy atom. The molecule has 1 aromatic carbocycles. The average Bonchev–Trinajstić information content (AvgIpc) is 2.96. The van der Waals surface area contributed by atoms with Gasteiger partial charge in [-0.1, -0.05) is 58.0 Å². The molecule has 2 heterocycles. The molecule has 1 N–H and O–H groups in total. The Labute approximate surface area is 138 Å². The molecular formula is C19H26N4. The van der Waals surface area contributed by atoms with Crippen molar-refractivity contribution < 1.29 is 0 Å². The van der Waals surface area contributed by atoms with Crippen molar-refractivity contribution in [3.63, 3.8) is 0 Å². The van der Waals surface area contributed by atoms with Crippen LogP contribution in [-0.4, -0.2) is 20.9 Å². The third-order valence-electron chi connectivity index (χ3n) is 3.42. The van der Waals surface area contributed by atoms with Gasteiger partial charge in [0.25, 0.3) is 0 Å².